The second kappa shape index (κ2) is 15.1. The van der Waals surface area contributed by atoms with Gasteiger partial charge >= 0.3 is 0 Å². The molecule has 2 aliphatic heterocycles. The van der Waals surface area contributed by atoms with Gasteiger partial charge in [-0.15, -0.1) is 0 Å². The number of hydrogen-bond acceptors (Lipinski definition) is 16. The topological polar surface area (TPSA) is 297 Å². The second-order valence-corrected chi connectivity index (χ2v) is 12.5. The van der Waals surface area contributed by atoms with Crippen molar-refractivity contribution in [3.8, 4) is 0 Å². The Labute approximate surface area is 245 Å². The van der Waals surface area contributed by atoms with Gasteiger partial charge in [0, 0.05) is 36.6 Å². The molecule has 0 aromatic heterocycles. The third-order valence-electron chi connectivity index (χ3n) is 9.39. The number of rotatable bonds is 12. The van der Waals surface area contributed by atoms with E-state index in [1.807, 2.05) is 0 Å². The van der Waals surface area contributed by atoms with Crippen LogP contribution in [0, 0.1) is 11.8 Å². The molecule has 0 aromatic carbocycles. The smallest absolute Gasteiger partial charge is 0.186 e. The van der Waals surface area contributed by atoms with E-state index < -0.39 is 111 Å². The molecule has 246 valence electrons. The lowest BCUT2D eigenvalue weighted by molar-refractivity contribution is -0.307. The first-order valence-corrected chi connectivity index (χ1v) is 15.0. The fourth-order valence-corrected chi connectivity index (χ4v) is 6.82. The van der Waals surface area contributed by atoms with Crippen molar-refractivity contribution in [3.05, 3.63) is 0 Å². The third kappa shape index (κ3) is 7.59. The van der Waals surface area contributed by atoms with E-state index in [1.165, 1.54) is 0 Å². The fraction of sp³-hybridized carbons (Fsp3) is 1.00. The fourth-order valence-electron chi connectivity index (χ4n) is 6.82. The molecule has 2 saturated heterocycles. The van der Waals surface area contributed by atoms with E-state index in [9.17, 15) is 35.7 Å². The van der Waals surface area contributed by atoms with E-state index in [4.69, 9.17) is 37.1 Å². The van der Waals surface area contributed by atoms with Gasteiger partial charge in [0.15, 0.2) is 6.29 Å². The predicted octanol–water partition coefficient (Wildman–Crippen LogP) is -6.67. The first kappa shape index (κ1) is 34.2. The van der Waals surface area contributed by atoms with Gasteiger partial charge in [0.25, 0.3) is 0 Å². The van der Waals surface area contributed by atoms with E-state index in [0.29, 0.717) is 12.5 Å². The van der Waals surface area contributed by atoms with E-state index in [2.05, 4.69) is 10.6 Å². The molecule has 0 radical (unpaired) electrons. The quantitative estimate of drug-likeness (QED) is 0.0979. The van der Waals surface area contributed by atoms with Crippen LogP contribution in [0.3, 0.4) is 0 Å². The summed E-state index contributed by atoms with van der Waals surface area (Å²) in [6, 6.07) is -3.77. The first-order chi connectivity index (χ1) is 20.0. The molecule has 42 heavy (non-hydrogen) atoms. The number of nitrogens with one attached hydrogen (secondary N) is 2. The predicted molar refractivity (Wildman–Crippen MR) is 148 cm³/mol. The molecule has 14 atom stereocenters. The average Bonchev–Trinajstić information content (AvgIpc) is 2.94. The molecule has 4 rings (SSSR count). The Balaban J connectivity index is 1.50. The van der Waals surface area contributed by atoms with Crippen LogP contribution < -0.4 is 33.6 Å². The largest absolute Gasteiger partial charge is 0.395 e. The minimum atomic E-state index is -1.50. The molecular formula is C26H52N6O10. The van der Waals surface area contributed by atoms with Gasteiger partial charge in [-0.1, -0.05) is 0 Å². The van der Waals surface area contributed by atoms with E-state index in [-0.39, 0.29) is 18.9 Å². The lowest BCUT2D eigenvalue weighted by Crippen LogP contribution is -2.70. The summed E-state index contributed by atoms with van der Waals surface area (Å²) in [5.74, 6) is -0.286. The van der Waals surface area contributed by atoms with Gasteiger partial charge in [0.2, 0.25) is 0 Å². The van der Waals surface area contributed by atoms with Crippen LogP contribution in [-0.4, -0.2) is 160 Å². The van der Waals surface area contributed by atoms with Gasteiger partial charge in [-0.25, -0.2) is 0 Å². The highest BCUT2D eigenvalue weighted by Crippen LogP contribution is 2.37. The molecule has 0 bridgehead atoms. The Kier molecular flexibility index (Phi) is 12.3. The molecule has 2 heterocycles. The summed E-state index contributed by atoms with van der Waals surface area (Å²) in [5, 5.41) is 78.8. The van der Waals surface area contributed by atoms with Crippen molar-refractivity contribution in [2.24, 2.45) is 34.8 Å². The van der Waals surface area contributed by atoms with Crippen molar-refractivity contribution in [2.75, 3.05) is 32.9 Å². The molecule has 2 saturated carbocycles. The normalized spacial score (nSPS) is 48.3. The van der Waals surface area contributed by atoms with Crippen molar-refractivity contribution in [2.45, 2.75) is 117 Å². The summed E-state index contributed by atoms with van der Waals surface area (Å²) >= 11 is 0. The summed E-state index contributed by atoms with van der Waals surface area (Å²) in [5.41, 5.74) is 24.9. The molecule has 17 N–H and O–H groups in total. The average molecular weight is 609 g/mol. The Hall–Kier alpha value is -0.640. The molecule has 0 aromatic rings. The summed E-state index contributed by atoms with van der Waals surface area (Å²) in [6.45, 7) is -0.278. The van der Waals surface area contributed by atoms with Crippen LogP contribution in [0.25, 0.3) is 0 Å². The lowest BCUT2D eigenvalue weighted by Gasteiger charge is -2.52. The van der Waals surface area contributed by atoms with Crippen LogP contribution in [0.5, 0.6) is 0 Å². The van der Waals surface area contributed by atoms with Gasteiger partial charge in [-0.05, 0) is 38.1 Å². The van der Waals surface area contributed by atoms with Crippen molar-refractivity contribution in [1.82, 2.24) is 10.6 Å². The zero-order valence-electron chi connectivity index (χ0n) is 23.8. The van der Waals surface area contributed by atoms with E-state index in [1.54, 1.807) is 0 Å². The van der Waals surface area contributed by atoms with Crippen LogP contribution in [-0.2, 0) is 14.2 Å². The minimum absolute atomic E-state index is 0.198. The molecule has 4 fully saturated rings. The summed E-state index contributed by atoms with van der Waals surface area (Å²) in [6.07, 6.45) is -7.75. The van der Waals surface area contributed by atoms with Gasteiger partial charge in [-0.3, -0.25) is 0 Å². The SMILES string of the molecule is NC1CC(CNCC2OC(C3C(N)CC(NC(CO)CO)C(OC4OC(CO)C(O)C(N)C4O)C3O)C(N)CC2O)C1. The Morgan fingerprint density at radius 3 is 2.10 bits per heavy atom. The molecule has 16 nitrogen and oxygen atoms in total. The number of hydrogen-bond donors (Lipinski definition) is 13. The number of nitrogens with two attached hydrogens (primary N) is 4. The maximum atomic E-state index is 11.8. The molecular weight excluding hydrogens is 556 g/mol. The van der Waals surface area contributed by atoms with Crippen molar-refractivity contribution >= 4 is 0 Å². The van der Waals surface area contributed by atoms with Crippen LogP contribution in [0.1, 0.15) is 25.7 Å². The zero-order valence-corrected chi connectivity index (χ0v) is 23.8. The maximum Gasteiger partial charge on any atom is 0.186 e. The van der Waals surface area contributed by atoms with Crippen molar-refractivity contribution < 1.29 is 50.0 Å². The Bertz CT molecular complexity index is 826. The van der Waals surface area contributed by atoms with Gasteiger partial charge in [0.05, 0.1) is 56.3 Å². The van der Waals surface area contributed by atoms with Crippen molar-refractivity contribution in [3.63, 3.8) is 0 Å². The van der Waals surface area contributed by atoms with Crippen LogP contribution >= 0.6 is 0 Å². The highest BCUT2D eigenvalue weighted by atomic mass is 16.7. The van der Waals surface area contributed by atoms with Gasteiger partial charge in [0.1, 0.15) is 24.4 Å². The minimum Gasteiger partial charge on any atom is -0.395 e. The van der Waals surface area contributed by atoms with Crippen LogP contribution in [0.15, 0.2) is 0 Å². The standard InChI is InChI=1S/C26H52N6O10/c27-11-1-10(2-11)5-31-6-17-16(36)4-14(29)24(40-17)19-13(28)3-15(32-12(7-33)8-34)25(22(19)38)42-26-23(39)20(30)21(37)18(9-35)41-26/h10-26,31-39H,1-9,27-30H2. The number of aliphatic hydroxyl groups is 7. The van der Waals surface area contributed by atoms with Gasteiger partial charge in [-0.2, -0.15) is 0 Å². The molecule has 16 heteroatoms. The van der Waals surface area contributed by atoms with Crippen molar-refractivity contribution in [1.29, 1.82) is 0 Å². The second-order valence-electron chi connectivity index (χ2n) is 12.5. The molecule has 0 amide bonds. The molecule has 14 unspecified atom stereocenters. The number of aliphatic hydroxyl groups excluding tert-OH is 7. The summed E-state index contributed by atoms with van der Waals surface area (Å²) in [7, 11) is 0. The van der Waals surface area contributed by atoms with Crippen LogP contribution in [0.2, 0.25) is 0 Å². The van der Waals surface area contributed by atoms with Gasteiger partial charge < -0.3 is 83.5 Å². The first-order valence-electron chi connectivity index (χ1n) is 15.0. The monoisotopic (exact) mass is 608 g/mol. The summed E-state index contributed by atoms with van der Waals surface area (Å²) < 4.78 is 18.0. The van der Waals surface area contributed by atoms with E-state index in [0.717, 1.165) is 19.4 Å². The Morgan fingerprint density at radius 1 is 0.786 bits per heavy atom. The highest BCUT2D eigenvalue weighted by molar-refractivity contribution is 5.06. The van der Waals surface area contributed by atoms with E-state index >= 15 is 0 Å². The van der Waals surface area contributed by atoms with Crippen LogP contribution in [0.4, 0.5) is 0 Å². The lowest BCUT2D eigenvalue weighted by atomic mass is 9.72. The maximum absolute atomic E-state index is 11.8. The zero-order chi connectivity index (χ0) is 30.7. The molecule has 2 aliphatic carbocycles. The highest BCUT2D eigenvalue weighted by Gasteiger charge is 2.53. The Morgan fingerprint density at radius 2 is 1.48 bits per heavy atom. The summed E-state index contributed by atoms with van der Waals surface area (Å²) in [4.78, 5) is 0. The third-order valence-corrected chi connectivity index (χ3v) is 9.39. The number of ether oxygens (including phenoxy) is 3. The molecule has 0 spiro atoms. The molecule has 4 aliphatic rings.